The second-order valence-corrected chi connectivity index (χ2v) is 9.30. The van der Waals surface area contributed by atoms with Crippen LogP contribution in [0, 0.1) is 12.7 Å². The number of aryl methyl sites for hydroxylation is 1. The molecule has 1 saturated heterocycles. The van der Waals surface area contributed by atoms with E-state index in [1.54, 1.807) is 24.3 Å². The molecule has 0 spiro atoms. The van der Waals surface area contributed by atoms with Crippen molar-refractivity contribution in [3.63, 3.8) is 0 Å². The van der Waals surface area contributed by atoms with E-state index in [9.17, 15) is 17.6 Å². The summed E-state index contributed by atoms with van der Waals surface area (Å²) in [7, 11) is -4.18. The van der Waals surface area contributed by atoms with Crippen LogP contribution in [0.2, 0.25) is 0 Å². The van der Waals surface area contributed by atoms with Crippen LogP contribution in [0.4, 0.5) is 10.1 Å². The molecule has 2 heterocycles. The summed E-state index contributed by atoms with van der Waals surface area (Å²) in [5, 5.41) is 1.42. The maximum absolute atomic E-state index is 14.5. The standard InChI is InChI=1S/C23H19FN2O4S/c1-14-7-8-22(17-6-3-2-5-16(14)17)31(28,29)25-23(27)21-13-18-19(24)11-15(12-20(18)30-21)26-9-4-10-26/h2-3,5-8,11-13H,4,9-10H2,1H3,(H,25,27). The number of benzene rings is 3. The molecular weight excluding hydrogens is 419 g/mol. The minimum atomic E-state index is -4.18. The van der Waals surface area contributed by atoms with Crippen LogP contribution in [-0.2, 0) is 10.0 Å². The molecule has 4 aromatic rings. The summed E-state index contributed by atoms with van der Waals surface area (Å²) in [6, 6.07) is 14.5. The second kappa shape index (κ2) is 7.09. The van der Waals surface area contributed by atoms with Crippen LogP contribution in [0.5, 0.6) is 0 Å². The van der Waals surface area contributed by atoms with E-state index in [2.05, 4.69) is 0 Å². The third-order valence-corrected chi connectivity index (χ3v) is 7.02. The topological polar surface area (TPSA) is 79.6 Å². The number of carbonyl (C=O) groups excluding carboxylic acids is 1. The van der Waals surface area contributed by atoms with E-state index in [1.807, 2.05) is 28.7 Å². The average Bonchev–Trinajstić information content (AvgIpc) is 3.12. The van der Waals surface area contributed by atoms with Crippen molar-refractivity contribution in [2.45, 2.75) is 18.2 Å². The number of furan rings is 1. The van der Waals surface area contributed by atoms with Crippen molar-refractivity contribution in [2.24, 2.45) is 0 Å². The molecule has 1 amide bonds. The molecule has 31 heavy (non-hydrogen) atoms. The highest BCUT2D eigenvalue weighted by atomic mass is 32.2. The predicted molar refractivity (Wildman–Crippen MR) is 116 cm³/mol. The summed E-state index contributed by atoms with van der Waals surface area (Å²) in [5.41, 5.74) is 1.80. The van der Waals surface area contributed by atoms with Gasteiger partial charge in [-0.2, -0.15) is 0 Å². The van der Waals surface area contributed by atoms with Crippen LogP contribution in [0.3, 0.4) is 0 Å². The first-order chi connectivity index (χ1) is 14.8. The third kappa shape index (κ3) is 3.33. The maximum atomic E-state index is 14.5. The lowest BCUT2D eigenvalue weighted by Crippen LogP contribution is -2.36. The van der Waals surface area contributed by atoms with E-state index in [1.165, 1.54) is 18.2 Å². The molecule has 0 aliphatic carbocycles. The highest BCUT2D eigenvalue weighted by Crippen LogP contribution is 2.31. The van der Waals surface area contributed by atoms with Gasteiger partial charge >= 0.3 is 5.91 Å². The van der Waals surface area contributed by atoms with Gasteiger partial charge in [0.05, 0.1) is 10.3 Å². The molecule has 3 aromatic carbocycles. The van der Waals surface area contributed by atoms with Gasteiger partial charge in [-0.3, -0.25) is 4.79 Å². The van der Waals surface area contributed by atoms with Crippen LogP contribution < -0.4 is 9.62 Å². The largest absolute Gasteiger partial charge is 0.451 e. The number of hydrogen-bond acceptors (Lipinski definition) is 5. The van der Waals surface area contributed by atoms with Gasteiger partial charge in [0.25, 0.3) is 10.0 Å². The van der Waals surface area contributed by atoms with Gasteiger partial charge in [-0.1, -0.05) is 30.3 Å². The highest BCUT2D eigenvalue weighted by molar-refractivity contribution is 7.90. The number of rotatable bonds is 4. The molecule has 158 valence electrons. The first-order valence-corrected chi connectivity index (χ1v) is 11.4. The Morgan fingerprint density at radius 1 is 1.03 bits per heavy atom. The lowest BCUT2D eigenvalue weighted by atomic mass is 10.1. The molecule has 0 bridgehead atoms. The van der Waals surface area contributed by atoms with Crippen molar-refractivity contribution in [3.05, 3.63) is 71.7 Å². The number of halogens is 1. The van der Waals surface area contributed by atoms with Crippen LogP contribution in [0.15, 0.2) is 63.9 Å². The number of amides is 1. The minimum absolute atomic E-state index is 0.00980. The first kappa shape index (κ1) is 19.6. The van der Waals surface area contributed by atoms with Crippen LogP contribution in [-0.4, -0.2) is 27.4 Å². The van der Waals surface area contributed by atoms with E-state index >= 15 is 0 Å². The summed E-state index contributed by atoms with van der Waals surface area (Å²) in [6.45, 7) is 3.55. The fourth-order valence-corrected chi connectivity index (χ4v) is 5.00. The molecule has 0 radical (unpaired) electrons. The fraction of sp³-hybridized carbons (Fsp3) is 0.174. The Kier molecular flexibility index (Phi) is 4.48. The molecule has 1 aliphatic heterocycles. The van der Waals surface area contributed by atoms with Crippen molar-refractivity contribution in [1.82, 2.24) is 4.72 Å². The van der Waals surface area contributed by atoms with Gasteiger partial charge in [0, 0.05) is 36.3 Å². The highest BCUT2D eigenvalue weighted by Gasteiger charge is 2.25. The Labute approximate surface area is 178 Å². The Bertz CT molecular complexity index is 1460. The van der Waals surface area contributed by atoms with Crippen molar-refractivity contribution >= 4 is 43.4 Å². The van der Waals surface area contributed by atoms with Gasteiger partial charge in [-0.25, -0.2) is 17.5 Å². The van der Waals surface area contributed by atoms with Crippen molar-refractivity contribution < 1.29 is 22.0 Å². The van der Waals surface area contributed by atoms with E-state index in [4.69, 9.17) is 4.42 Å². The van der Waals surface area contributed by atoms with Gasteiger partial charge in [0.1, 0.15) is 11.4 Å². The third-order valence-electron chi connectivity index (χ3n) is 5.64. The van der Waals surface area contributed by atoms with Gasteiger partial charge in [0.15, 0.2) is 5.76 Å². The SMILES string of the molecule is Cc1ccc(S(=O)(=O)NC(=O)c2cc3c(F)cc(N4CCC4)cc3o2)c2ccccc12. The molecule has 8 heteroatoms. The first-order valence-electron chi connectivity index (χ1n) is 9.87. The summed E-state index contributed by atoms with van der Waals surface area (Å²) >= 11 is 0. The lowest BCUT2D eigenvalue weighted by molar-refractivity contribution is 0.0956. The van der Waals surface area contributed by atoms with E-state index in [-0.39, 0.29) is 21.6 Å². The monoisotopic (exact) mass is 438 g/mol. The maximum Gasteiger partial charge on any atom is 0.300 e. The Hall–Kier alpha value is -3.39. The molecule has 5 rings (SSSR count). The van der Waals surface area contributed by atoms with Crippen LogP contribution in [0.1, 0.15) is 22.5 Å². The molecule has 1 fully saturated rings. The lowest BCUT2D eigenvalue weighted by Gasteiger charge is -2.33. The molecule has 1 aromatic heterocycles. The van der Waals surface area contributed by atoms with E-state index in [0.29, 0.717) is 11.1 Å². The fourth-order valence-electron chi connectivity index (χ4n) is 3.84. The summed E-state index contributed by atoms with van der Waals surface area (Å²) in [6.07, 6.45) is 1.04. The Balaban J connectivity index is 1.49. The Morgan fingerprint density at radius 3 is 2.48 bits per heavy atom. The van der Waals surface area contributed by atoms with Crippen LogP contribution in [0.25, 0.3) is 21.7 Å². The quantitative estimate of drug-likeness (QED) is 0.512. The smallest absolute Gasteiger partial charge is 0.300 e. The molecule has 0 saturated carbocycles. The van der Waals surface area contributed by atoms with E-state index in [0.717, 1.165) is 30.5 Å². The van der Waals surface area contributed by atoms with Gasteiger partial charge < -0.3 is 9.32 Å². The van der Waals surface area contributed by atoms with Crippen LogP contribution >= 0.6 is 0 Å². The zero-order valence-corrected chi connectivity index (χ0v) is 17.5. The van der Waals surface area contributed by atoms with E-state index < -0.39 is 21.7 Å². The van der Waals surface area contributed by atoms with Crippen molar-refractivity contribution in [1.29, 1.82) is 0 Å². The number of nitrogens with zero attached hydrogens (tertiary/aromatic N) is 1. The number of carbonyl (C=O) groups is 1. The summed E-state index contributed by atoms with van der Waals surface area (Å²) < 4.78 is 48.0. The molecule has 6 nitrogen and oxygen atoms in total. The van der Waals surface area contributed by atoms with Gasteiger partial charge in [-0.05, 0) is 36.4 Å². The minimum Gasteiger partial charge on any atom is -0.451 e. The average molecular weight is 438 g/mol. The van der Waals surface area contributed by atoms with Gasteiger partial charge in [0.2, 0.25) is 0 Å². The molecule has 0 unspecified atom stereocenters. The summed E-state index contributed by atoms with van der Waals surface area (Å²) in [4.78, 5) is 14.7. The summed E-state index contributed by atoms with van der Waals surface area (Å²) in [5.74, 6) is -1.74. The number of anilines is 1. The normalized spacial score (nSPS) is 14.1. The predicted octanol–water partition coefficient (Wildman–Crippen LogP) is 4.36. The molecule has 1 N–H and O–H groups in total. The molecular formula is C23H19FN2O4S. The zero-order chi connectivity index (χ0) is 21.8. The second-order valence-electron chi connectivity index (χ2n) is 7.65. The van der Waals surface area contributed by atoms with Crippen molar-refractivity contribution in [3.8, 4) is 0 Å². The van der Waals surface area contributed by atoms with Crippen molar-refractivity contribution in [2.75, 3.05) is 18.0 Å². The number of nitrogens with one attached hydrogen (secondary N) is 1. The van der Waals surface area contributed by atoms with Gasteiger partial charge in [-0.15, -0.1) is 0 Å². The zero-order valence-electron chi connectivity index (χ0n) is 16.7. The molecule has 1 aliphatic rings. The molecule has 0 atom stereocenters. The Morgan fingerprint density at radius 2 is 1.77 bits per heavy atom. The number of hydrogen-bond donors (Lipinski definition) is 1. The number of fused-ring (bicyclic) bond motifs is 2. The number of sulfonamides is 1.